The maximum Gasteiger partial charge on any atom is 0.309 e. The van der Waals surface area contributed by atoms with E-state index in [4.69, 9.17) is 5.11 Å². The summed E-state index contributed by atoms with van der Waals surface area (Å²) in [5.74, 6) is -1.31. The number of likely N-dealkylation sites (N-methyl/N-ethyl adjacent to an activating group) is 1. The van der Waals surface area contributed by atoms with Crippen molar-refractivity contribution >= 4 is 11.9 Å². The Kier molecular flexibility index (Phi) is 5.55. The molecular weight excluding hydrogens is 234 g/mol. The van der Waals surface area contributed by atoms with Crippen molar-refractivity contribution in [3.63, 3.8) is 0 Å². The zero-order chi connectivity index (χ0) is 13.7. The zero-order valence-corrected chi connectivity index (χ0v) is 11.4. The average molecular weight is 257 g/mol. The second-order valence-electron chi connectivity index (χ2n) is 5.20. The van der Waals surface area contributed by atoms with Crippen molar-refractivity contribution in [1.29, 1.82) is 0 Å². The molecule has 1 atom stereocenters. The molecule has 1 aliphatic rings. The van der Waals surface area contributed by atoms with Gasteiger partial charge in [0.15, 0.2) is 0 Å². The molecule has 0 aromatic rings. The molecule has 1 heterocycles. The van der Waals surface area contributed by atoms with Gasteiger partial charge in [0, 0.05) is 20.1 Å². The molecule has 1 aliphatic heterocycles. The first-order chi connectivity index (χ1) is 8.40. The zero-order valence-electron chi connectivity index (χ0n) is 11.4. The molecule has 1 N–H and O–H groups in total. The minimum Gasteiger partial charge on any atom is -0.481 e. The normalized spacial score (nSPS) is 22.3. The van der Waals surface area contributed by atoms with Crippen LogP contribution in [0.15, 0.2) is 0 Å². The lowest BCUT2D eigenvalue weighted by Gasteiger charge is -2.21. The summed E-state index contributed by atoms with van der Waals surface area (Å²) in [5.41, 5.74) is 0. The van der Waals surface area contributed by atoms with Gasteiger partial charge in [0.1, 0.15) is 0 Å². The van der Waals surface area contributed by atoms with Crippen LogP contribution in [0.3, 0.4) is 0 Å². The van der Waals surface area contributed by atoms with E-state index < -0.39 is 11.9 Å². The lowest BCUT2D eigenvalue weighted by molar-refractivity contribution is -0.142. The van der Waals surface area contributed by atoms with E-state index in [9.17, 15) is 9.59 Å². The number of carboxylic acids is 1. The Balaban J connectivity index is 2.55. The van der Waals surface area contributed by atoms with Gasteiger partial charge in [-0.15, -0.1) is 0 Å². The predicted molar refractivity (Wildman–Crippen MR) is 68.4 cm³/mol. The fraction of sp³-hybridized carbons (Fsp3) is 0.833. The van der Waals surface area contributed by atoms with Gasteiger partial charge in [0.2, 0.25) is 5.91 Å². The van der Waals surface area contributed by atoms with Crippen molar-refractivity contribution in [2.24, 2.45) is 5.92 Å². The van der Waals surface area contributed by atoms with Crippen LogP contribution in [0.5, 0.6) is 0 Å². The van der Waals surface area contributed by atoms with Gasteiger partial charge in [-0.25, -0.2) is 0 Å². The molecular formula is C12H23N3O3. The highest BCUT2D eigenvalue weighted by Crippen LogP contribution is 2.10. The molecule has 1 amide bonds. The van der Waals surface area contributed by atoms with Crippen molar-refractivity contribution in [3.05, 3.63) is 0 Å². The molecule has 0 aromatic carbocycles. The molecule has 0 aliphatic carbocycles. The molecule has 6 heteroatoms. The van der Waals surface area contributed by atoms with E-state index in [0.717, 1.165) is 19.5 Å². The predicted octanol–water partition coefficient (Wildman–Crippen LogP) is -0.587. The maximum absolute atomic E-state index is 11.8. The van der Waals surface area contributed by atoms with E-state index in [2.05, 4.69) is 4.90 Å². The minimum absolute atomic E-state index is 0.00334. The molecule has 0 radical (unpaired) electrons. The van der Waals surface area contributed by atoms with Gasteiger partial charge in [0.05, 0.1) is 12.5 Å². The van der Waals surface area contributed by atoms with E-state index in [1.165, 1.54) is 4.90 Å². The van der Waals surface area contributed by atoms with Crippen LogP contribution in [-0.2, 0) is 9.59 Å². The Labute approximate surface area is 108 Å². The Bertz CT molecular complexity index is 307. The summed E-state index contributed by atoms with van der Waals surface area (Å²) in [7, 11) is 5.67. The van der Waals surface area contributed by atoms with Gasteiger partial charge < -0.3 is 14.9 Å². The van der Waals surface area contributed by atoms with Crippen molar-refractivity contribution in [3.8, 4) is 0 Å². The molecule has 0 spiro atoms. The van der Waals surface area contributed by atoms with E-state index in [1.807, 2.05) is 19.0 Å². The third-order valence-electron chi connectivity index (χ3n) is 3.19. The quantitative estimate of drug-likeness (QED) is 0.713. The lowest BCUT2D eigenvalue weighted by Crippen LogP contribution is -2.36. The second-order valence-corrected chi connectivity index (χ2v) is 5.20. The average Bonchev–Trinajstić information content (AvgIpc) is 2.39. The number of rotatable bonds is 5. The fourth-order valence-corrected chi connectivity index (χ4v) is 2.12. The number of nitrogens with zero attached hydrogens (tertiary/aromatic N) is 3. The number of carbonyl (C=O) groups excluding carboxylic acids is 1. The van der Waals surface area contributed by atoms with Crippen molar-refractivity contribution in [2.45, 2.75) is 6.42 Å². The SMILES string of the molecule is CN(C)CCCN1CC(=O)N(C)CC(C(=O)O)C1. The largest absolute Gasteiger partial charge is 0.481 e. The van der Waals surface area contributed by atoms with Crippen LogP contribution in [0.4, 0.5) is 0 Å². The highest BCUT2D eigenvalue weighted by molar-refractivity contribution is 5.80. The number of hydrogen-bond donors (Lipinski definition) is 1. The molecule has 0 saturated carbocycles. The van der Waals surface area contributed by atoms with Crippen LogP contribution >= 0.6 is 0 Å². The van der Waals surface area contributed by atoms with Crippen molar-refractivity contribution in [2.75, 3.05) is 53.9 Å². The Hall–Kier alpha value is -1.14. The summed E-state index contributed by atoms with van der Waals surface area (Å²) >= 11 is 0. The van der Waals surface area contributed by atoms with Crippen LogP contribution in [0, 0.1) is 5.92 Å². The number of aliphatic carboxylic acids is 1. The first-order valence-electron chi connectivity index (χ1n) is 6.24. The summed E-state index contributed by atoms with van der Waals surface area (Å²) < 4.78 is 0. The molecule has 1 fully saturated rings. The first kappa shape index (κ1) is 14.9. The second kappa shape index (κ2) is 6.70. The fourth-order valence-electron chi connectivity index (χ4n) is 2.12. The number of amides is 1. The van der Waals surface area contributed by atoms with Crippen LogP contribution < -0.4 is 0 Å². The Morgan fingerprint density at radius 1 is 1.44 bits per heavy atom. The summed E-state index contributed by atoms with van der Waals surface area (Å²) in [6.45, 7) is 2.80. The molecule has 6 nitrogen and oxygen atoms in total. The topological polar surface area (TPSA) is 64.1 Å². The van der Waals surface area contributed by atoms with Gasteiger partial charge >= 0.3 is 5.97 Å². The third-order valence-corrected chi connectivity index (χ3v) is 3.19. The summed E-state index contributed by atoms with van der Waals surface area (Å²) in [6.07, 6.45) is 0.941. The number of carboxylic acid groups (broad SMARTS) is 1. The van der Waals surface area contributed by atoms with Gasteiger partial charge in [-0.2, -0.15) is 0 Å². The van der Waals surface area contributed by atoms with Crippen LogP contribution in [0.2, 0.25) is 0 Å². The van der Waals surface area contributed by atoms with Gasteiger partial charge in [-0.1, -0.05) is 0 Å². The maximum atomic E-state index is 11.8. The lowest BCUT2D eigenvalue weighted by atomic mass is 10.1. The standard InChI is InChI=1S/C12H23N3O3/c1-13(2)5-4-6-15-8-10(12(17)18)7-14(3)11(16)9-15/h10H,4-9H2,1-3H3,(H,17,18). The smallest absolute Gasteiger partial charge is 0.309 e. The molecule has 104 valence electrons. The first-order valence-corrected chi connectivity index (χ1v) is 6.24. The third kappa shape index (κ3) is 4.62. The molecule has 18 heavy (non-hydrogen) atoms. The minimum atomic E-state index is -0.825. The van der Waals surface area contributed by atoms with Crippen molar-refractivity contribution in [1.82, 2.24) is 14.7 Å². The summed E-state index contributed by atoms with van der Waals surface area (Å²) in [6, 6.07) is 0. The molecule has 1 rings (SSSR count). The molecule has 0 aromatic heterocycles. The van der Waals surface area contributed by atoms with Gasteiger partial charge in [-0.3, -0.25) is 14.5 Å². The van der Waals surface area contributed by atoms with Crippen LogP contribution in [0.25, 0.3) is 0 Å². The van der Waals surface area contributed by atoms with E-state index in [1.54, 1.807) is 7.05 Å². The Morgan fingerprint density at radius 2 is 2.11 bits per heavy atom. The Morgan fingerprint density at radius 3 is 2.67 bits per heavy atom. The molecule has 1 saturated heterocycles. The van der Waals surface area contributed by atoms with Crippen LogP contribution in [0.1, 0.15) is 6.42 Å². The monoisotopic (exact) mass is 257 g/mol. The van der Waals surface area contributed by atoms with Gasteiger partial charge in [-0.05, 0) is 33.6 Å². The number of carbonyl (C=O) groups is 2. The number of hydrogen-bond acceptors (Lipinski definition) is 4. The van der Waals surface area contributed by atoms with Crippen molar-refractivity contribution < 1.29 is 14.7 Å². The molecule has 0 bridgehead atoms. The van der Waals surface area contributed by atoms with E-state index in [-0.39, 0.29) is 5.91 Å². The van der Waals surface area contributed by atoms with E-state index in [0.29, 0.717) is 19.6 Å². The summed E-state index contributed by atoms with van der Waals surface area (Å²) in [5, 5.41) is 9.13. The van der Waals surface area contributed by atoms with Crippen LogP contribution in [-0.4, -0.2) is 85.5 Å². The highest BCUT2D eigenvalue weighted by Gasteiger charge is 2.29. The molecule has 1 unspecified atom stereocenters. The van der Waals surface area contributed by atoms with E-state index >= 15 is 0 Å². The highest BCUT2D eigenvalue weighted by atomic mass is 16.4. The van der Waals surface area contributed by atoms with Gasteiger partial charge in [0.25, 0.3) is 0 Å². The summed E-state index contributed by atoms with van der Waals surface area (Å²) in [4.78, 5) is 28.4.